The second kappa shape index (κ2) is 11.9. The number of carbonyl (C=O) groups excluding carboxylic acids is 2. The molecule has 0 spiro atoms. The first-order valence-electron chi connectivity index (χ1n) is 12.5. The molecule has 4 aromatic rings. The van der Waals surface area contributed by atoms with Gasteiger partial charge in [0, 0.05) is 61.5 Å². The summed E-state index contributed by atoms with van der Waals surface area (Å²) in [6, 6.07) is 14.3. The number of carbonyl (C=O) groups is 2. The summed E-state index contributed by atoms with van der Waals surface area (Å²) in [4.78, 5) is 34.8. The molecule has 1 aliphatic rings. The lowest BCUT2D eigenvalue weighted by molar-refractivity contribution is -0.108. The zero-order chi connectivity index (χ0) is 28.0. The Labute approximate surface area is 225 Å². The number of amides is 1. The third kappa shape index (κ3) is 7.28. The monoisotopic (exact) mass is 529 g/mol. The standard InChI is InChI=1S/C26H23F2N5O.C4H6O/c1-16-4-5-21(33-25(34)19-10-20(15-30-14-19)26(2,27)28)13-22(16)17-6-8-31-23(11-17)18-7-9-32-24(12-18)29-3;5-3-4-1-2-4/h4-15H,1-3H3,(H,29,32)(H,33,34);3-4H,1-2H2. The average molecular weight is 530 g/mol. The number of halogens is 2. The number of anilines is 2. The fourth-order valence-corrected chi connectivity index (χ4v) is 3.73. The van der Waals surface area contributed by atoms with Gasteiger partial charge in [-0.2, -0.15) is 0 Å². The lowest BCUT2D eigenvalue weighted by atomic mass is 9.99. The molecule has 3 heterocycles. The average Bonchev–Trinajstić information content (AvgIpc) is 3.79. The molecular formula is C30H29F2N5O2. The van der Waals surface area contributed by atoms with Crippen LogP contribution in [0.2, 0.25) is 0 Å². The molecule has 0 aliphatic heterocycles. The molecule has 0 radical (unpaired) electrons. The first-order chi connectivity index (χ1) is 18.7. The first kappa shape index (κ1) is 27.5. The molecule has 9 heteroatoms. The zero-order valence-corrected chi connectivity index (χ0v) is 21.9. The van der Waals surface area contributed by atoms with Crippen LogP contribution in [0.25, 0.3) is 22.4 Å². The number of nitrogens with zero attached hydrogens (tertiary/aromatic N) is 3. The molecule has 1 fully saturated rings. The van der Waals surface area contributed by atoms with E-state index >= 15 is 0 Å². The summed E-state index contributed by atoms with van der Waals surface area (Å²) in [6.45, 7) is 2.75. The van der Waals surface area contributed by atoms with Gasteiger partial charge in [0.2, 0.25) is 0 Å². The SMILES string of the molecule is CNc1cc(-c2cc(-c3cc(NC(=O)c4cncc(C(C)(F)F)c4)ccc3C)ccn2)ccn1.O=CC1CC1. The Morgan fingerprint density at radius 2 is 1.74 bits per heavy atom. The molecule has 0 unspecified atom stereocenters. The molecular weight excluding hydrogens is 500 g/mol. The van der Waals surface area contributed by atoms with E-state index in [2.05, 4.69) is 25.6 Å². The van der Waals surface area contributed by atoms with Crippen LogP contribution in [-0.2, 0) is 10.7 Å². The van der Waals surface area contributed by atoms with Gasteiger partial charge in [0.25, 0.3) is 11.8 Å². The summed E-state index contributed by atoms with van der Waals surface area (Å²) in [5.74, 6) is -2.40. The molecule has 0 atom stereocenters. The number of nitrogens with one attached hydrogen (secondary N) is 2. The van der Waals surface area contributed by atoms with Crippen molar-refractivity contribution in [3.05, 3.63) is 90.0 Å². The number of aldehydes is 1. The van der Waals surface area contributed by atoms with Gasteiger partial charge in [-0.15, -0.1) is 0 Å². The van der Waals surface area contributed by atoms with Gasteiger partial charge in [0.15, 0.2) is 0 Å². The van der Waals surface area contributed by atoms with Crippen LogP contribution in [0.1, 0.15) is 41.3 Å². The molecule has 3 aromatic heterocycles. The van der Waals surface area contributed by atoms with Gasteiger partial charge in [-0.1, -0.05) is 6.07 Å². The summed E-state index contributed by atoms with van der Waals surface area (Å²) in [7, 11) is 1.80. The number of pyridine rings is 3. The Balaban J connectivity index is 0.000000634. The van der Waals surface area contributed by atoms with Gasteiger partial charge >= 0.3 is 0 Å². The van der Waals surface area contributed by atoms with Crippen LogP contribution >= 0.6 is 0 Å². The maximum absolute atomic E-state index is 13.6. The lowest BCUT2D eigenvalue weighted by Crippen LogP contribution is -2.15. The van der Waals surface area contributed by atoms with Crippen LogP contribution in [0.3, 0.4) is 0 Å². The highest BCUT2D eigenvalue weighted by molar-refractivity contribution is 6.04. The number of rotatable bonds is 7. The number of aromatic nitrogens is 3. The molecule has 5 rings (SSSR count). The number of benzene rings is 1. The maximum atomic E-state index is 13.6. The van der Waals surface area contributed by atoms with Gasteiger partial charge < -0.3 is 15.4 Å². The third-order valence-electron chi connectivity index (χ3n) is 6.20. The Morgan fingerprint density at radius 3 is 2.41 bits per heavy atom. The molecule has 1 saturated carbocycles. The number of hydrogen-bond donors (Lipinski definition) is 2. The predicted molar refractivity (Wildman–Crippen MR) is 148 cm³/mol. The molecule has 0 saturated heterocycles. The van der Waals surface area contributed by atoms with E-state index in [9.17, 15) is 18.4 Å². The summed E-state index contributed by atoms with van der Waals surface area (Å²) in [5.41, 5.74) is 4.84. The van der Waals surface area contributed by atoms with E-state index in [1.54, 1.807) is 25.5 Å². The molecule has 1 aromatic carbocycles. The number of hydrogen-bond acceptors (Lipinski definition) is 6. The zero-order valence-electron chi connectivity index (χ0n) is 21.9. The maximum Gasteiger partial charge on any atom is 0.272 e. The van der Waals surface area contributed by atoms with Crippen LogP contribution in [-0.4, -0.2) is 34.2 Å². The van der Waals surface area contributed by atoms with Crippen molar-refractivity contribution in [3.63, 3.8) is 0 Å². The van der Waals surface area contributed by atoms with E-state index in [-0.39, 0.29) is 11.1 Å². The molecule has 1 aliphatic carbocycles. The Hall–Kier alpha value is -4.53. The van der Waals surface area contributed by atoms with E-state index in [0.717, 1.165) is 72.1 Å². The summed E-state index contributed by atoms with van der Waals surface area (Å²) < 4.78 is 27.2. The smallest absolute Gasteiger partial charge is 0.272 e. The highest BCUT2D eigenvalue weighted by Crippen LogP contribution is 2.31. The second-order valence-electron chi connectivity index (χ2n) is 9.42. The van der Waals surface area contributed by atoms with Gasteiger partial charge in [0.05, 0.1) is 11.3 Å². The Kier molecular flexibility index (Phi) is 8.39. The molecule has 1 amide bonds. The van der Waals surface area contributed by atoms with Crippen molar-refractivity contribution in [3.8, 4) is 22.4 Å². The molecule has 39 heavy (non-hydrogen) atoms. The van der Waals surface area contributed by atoms with Gasteiger partial charge in [-0.25, -0.2) is 13.8 Å². The fraction of sp³-hybridized carbons (Fsp3) is 0.233. The van der Waals surface area contributed by atoms with E-state index in [4.69, 9.17) is 0 Å². The fourth-order valence-electron chi connectivity index (χ4n) is 3.73. The molecule has 0 bridgehead atoms. The normalized spacial score (nSPS) is 12.6. The minimum Gasteiger partial charge on any atom is -0.373 e. The molecule has 200 valence electrons. The Morgan fingerprint density at radius 1 is 1.00 bits per heavy atom. The van der Waals surface area contributed by atoms with E-state index in [0.29, 0.717) is 11.6 Å². The minimum absolute atomic E-state index is 0.0605. The van der Waals surface area contributed by atoms with E-state index < -0.39 is 11.8 Å². The predicted octanol–water partition coefficient (Wildman–Crippen LogP) is 6.52. The first-order valence-corrected chi connectivity index (χ1v) is 12.5. The summed E-state index contributed by atoms with van der Waals surface area (Å²) in [5, 5.41) is 5.80. The largest absolute Gasteiger partial charge is 0.373 e. The van der Waals surface area contributed by atoms with Crippen molar-refractivity contribution in [2.75, 3.05) is 17.7 Å². The van der Waals surface area contributed by atoms with Crippen molar-refractivity contribution < 1.29 is 18.4 Å². The summed E-state index contributed by atoms with van der Waals surface area (Å²) >= 11 is 0. The van der Waals surface area contributed by atoms with Crippen LogP contribution in [0.4, 0.5) is 20.3 Å². The number of aryl methyl sites for hydroxylation is 1. The summed E-state index contributed by atoms with van der Waals surface area (Å²) in [6.07, 6.45) is 9.09. The van der Waals surface area contributed by atoms with Gasteiger partial charge in [-0.3, -0.25) is 14.8 Å². The van der Waals surface area contributed by atoms with Crippen molar-refractivity contribution >= 4 is 23.7 Å². The Bertz CT molecular complexity index is 1480. The van der Waals surface area contributed by atoms with Crippen LogP contribution < -0.4 is 10.6 Å². The van der Waals surface area contributed by atoms with Crippen LogP contribution in [0.5, 0.6) is 0 Å². The lowest BCUT2D eigenvalue weighted by Gasteiger charge is -2.13. The highest BCUT2D eigenvalue weighted by Gasteiger charge is 2.25. The van der Waals surface area contributed by atoms with Gasteiger partial charge in [-0.05, 0) is 78.9 Å². The quantitative estimate of drug-likeness (QED) is 0.265. The van der Waals surface area contributed by atoms with Crippen LogP contribution in [0.15, 0.2) is 73.3 Å². The van der Waals surface area contributed by atoms with E-state index in [1.807, 2.05) is 43.3 Å². The third-order valence-corrected chi connectivity index (χ3v) is 6.20. The van der Waals surface area contributed by atoms with Crippen LogP contribution in [0, 0.1) is 12.8 Å². The van der Waals surface area contributed by atoms with Crippen molar-refractivity contribution in [1.82, 2.24) is 15.0 Å². The number of alkyl halides is 2. The topological polar surface area (TPSA) is 96.9 Å². The molecule has 2 N–H and O–H groups in total. The van der Waals surface area contributed by atoms with Crippen molar-refractivity contribution in [1.29, 1.82) is 0 Å². The van der Waals surface area contributed by atoms with Crippen molar-refractivity contribution in [2.45, 2.75) is 32.6 Å². The second-order valence-corrected chi connectivity index (χ2v) is 9.42. The van der Waals surface area contributed by atoms with Crippen molar-refractivity contribution in [2.24, 2.45) is 5.92 Å². The van der Waals surface area contributed by atoms with E-state index in [1.165, 1.54) is 6.20 Å². The molecule has 7 nitrogen and oxygen atoms in total. The highest BCUT2D eigenvalue weighted by atomic mass is 19.3. The van der Waals surface area contributed by atoms with Gasteiger partial charge in [0.1, 0.15) is 12.1 Å². The minimum atomic E-state index is -3.08.